The number of hydrogen-bond acceptors (Lipinski definition) is 6. The molecule has 1 amide bonds. The van der Waals surface area contributed by atoms with Crippen LogP contribution in [0.3, 0.4) is 0 Å². The Kier molecular flexibility index (Phi) is 5.13. The molecule has 8 nitrogen and oxygen atoms in total. The molecule has 1 N–H and O–H groups in total. The van der Waals surface area contributed by atoms with Gasteiger partial charge in [0.1, 0.15) is 5.75 Å². The van der Waals surface area contributed by atoms with Crippen molar-refractivity contribution in [2.75, 3.05) is 23.0 Å². The minimum absolute atomic E-state index is 0.125. The lowest BCUT2D eigenvalue weighted by Crippen LogP contribution is -2.48. The zero-order valence-electron chi connectivity index (χ0n) is 18.1. The average Bonchev–Trinajstić information content (AvgIpc) is 3.26. The Bertz CT molecular complexity index is 1340. The molecule has 0 saturated carbocycles. The average molecular weight is 467 g/mol. The SMILES string of the molecule is Cc1ccc(S(=O)(=O)N2C[C@@H](C(=O)Nc3ccc4c(c3)OCO4)Oc3cc(C)ccc32)cc1. The van der Waals surface area contributed by atoms with Crippen LogP contribution in [0.25, 0.3) is 0 Å². The van der Waals surface area contributed by atoms with Crippen LogP contribution in [0.15, 0.2) is 65.6 Å². The summed E-state index contributed by atoms with van der Waals surface area (Å²) < 4.78 is 44.8. The number of aryl methyl sites for hydroxylation is 2. The lowest BCUT2D eigenvalue weighted by atomic mass is 10.1. The molecule has 3 aromatic rings. The van der Waals surface area contributed by atoms with E-state index in [0.29, 0.717) is 28.6 Å². The first-order chi connectivity index (χ1) is 15.8. The zero-order valence-corrected chi connectivity index (χ0v) is 18.9. The summed E-state index contributed by atoms with van der Waals surface area (Å²) in [6.07, 6.45) is -1.05. The van der Waals surface area contributed by atoms with Crippen LogP contribution in [-0.4, -0.2) is 33.8 Å². The summed E-state index contributed by atoms with van der Waals surface area (Å²) in [6, 6.07) is 16.9. The molecule has 3 aromatic carbocycles. The maximum absolute atomic E-state index is 13.5. The summed E-state index contributed by atoms with van der Waals surface area (Å²) in [6.45, 7) is 3.72. The fourth-order valence-corrected chi connectivity index (χ4v) is 5.24. The number of ether oxygens (including phenoxy) is 3. The monoisotopic (exact) mass is 466 g/mol. The van der Waals surface area contributed by atoms with Crippen molar-refractivity contribution in [1.82, 2.24) is 0 Å². The molecule has 9 heteroatoms. The molecule has 33 heavy (non-hydrogen) atoms. The van der Waals surface area contributed by atoms with Gasteiger partial charge in [-0.1, -0.05) is 23.8 Å². The first-order valence-electron chi connectivity index (χ1n) is 10.4. The van der Waals surface area contributed by atoms with E-state index in [1.54, 1.807) is 54.6 Å². The van der Waals surface area contributed by atoms with Crippen LogP contribution in [0.1, 0.15) is 11.1 Å². The predicted octanol–water partition coefficient (Wildman–Crippen LogP) is 3.63. The highest BCUT2D eigenvalue weighted by Crippen LogP contribution is 2.38. The first kappa shape index (κ1) is 21.1. The van der Waals surface area contributed by atoms with Crippen molar-refractivity contribution >= 4 is 27.3 Å². The summed E-state index contributed by atoms with van der Waals surface area (Å²) in [5.74, 6) is 0.997. The van der Waals surface area contributed by atoms with Crippen molar-refractivity contribution in [2.45, 2.75) is 24.8 Å². The highest BCUT2D eigenvalue weighted by molar-refractivity contribution is 7.92. The molecule has 0 aromatic heterocycles. The van der Waals surface area contributed by atoms with Gasteiger partial charge >= 0.3 is 0 Å². The van der Waals surface area contributed by atoms with Gasteiger partial charge in [-0.3, -0.25) is 9.10 Å². The van der Waals surface area contributed by atoms with Crippen LogP contribution in [0.5, 0.6) is 17.2 Å². The van der Waals surface area contributed by atoms with Crippen LogP contribution in [0.2, 0.25) is 0 Å². The van der Waals surface area contributed by atoms with Gasteiger partial charge in [0, 0.05) is 11.8 Å². The van der Waals surface area contributed by atoms with Gasteiger partial charge in [-0.15, -0.1) is 0 Å². The number of hydrogen-bond donors (Lipinski definition) is 1. The Morgan fingerprint density at radius 1 is 0.909 bits per heavy atom. The first-order valence-corrected chi connectivity index (χ1v) is 11.8. The highest BCUT2D eigenvalue weighted by atomic mass is 32.2. The van der Waals surface area contributed by atoms with Crippen molar-refractivity contribution in [3.63, 3.8) is 0 Å². The predicted molar refractivity (Wildman–Crippen MR) is 123 cm³/mol. The molecular weight excluding hydrogens is 444 g/mol. The lowest BCUT2D eigenvalue weighted by molar-refractivity contribution is -0.122. The maximum Gasteiger partial charge on any atom is 0.267 e. The maximum atomic E-state index is 13.5. The van der Waals surface area contributed by atoms with Gasteiger partial charge in [0.2, 0.25) is 6.79 Å². The number of rotatable bonds is 4. The number of anilines is 2. The van der Waals surface area contributed by atoms with Crippen LogP contribution >= 0.6 is 0 Å². The third kappa shape index (κ3) is 3.95. The number of nitrogens with zero attached hydrogens (tertiary/aromatic N) is 1. The second-order valence-corrected chi connectivity index (χ2v) is 9.85. The van der Waals surface area contributed by atoms with Gasteiger partial charge in [0.25, 0.3) is 15.9 Å². The van der Waals surface area contributed by atoms with Crippen LogP contribution < -0.4 is 23.8 Å². The fraction of sp³-hybridized carbons (Fsp3) is 0.208. The Labute approximate surface area is 191 Å². The van der Waals surface area contributed by atoms with E-state index in [9.17, 15) is 13.2 Å². The Balaban J connectivity index is 1.46. The quantitative estimate of drug-likeness (QED) is 0.631. The number of fused-ring (bicyclic) bond motifs is 2. The molecule has 170 valence electrons. The van der Waals surface area contributed by atoms with E-state index in [2.05, 4.69) is 5.32 Å². The topological polar surface area (TPSA) is 94.2 Å². The number of carbonyl (C=O) groups is 1. The minimum Gasteiger partial charge on any atom is -0.476 e. The molecule has 0 bridgehead atoms. The van der Waals surface area contributed by atoms with Gasteiger partial charge in [-0.25, -0.2) is 8.42 Å². The largest absolute Gasteiger partial charge is 0.476 e. The van der Waals surface area contributed by atoms with E-state index < -0.39 is 22.0 Å². The van der Waals surface area contributed by atoms with Crippen molar-refractivity contribution in [3.8, 4) is 17.2 Å². The molecular formula is C24H22N2O6S. The van der Waals surface area contributed by atoms with E-state index in [-0.39, 0.29) is 18.2 Å². The Morgan fingerprint density at radius 2 is 1.64 bits per heavy atom. The highest BCUT2D eigenvalue weighted by Gasteiger charge is 2.37. The minimum atomic E-state index is -3.92. The molecule has 2 aliphatic heterocycles. The second kappa shape index (κ2) is 8.00. The molecule has 2 heterocycles. The van der Waals surface area contributed by atoms with Crippen molar-refractivity contribution < 1.29 is 27.4 Å². The lowest BCUT2D eigenvalue weighted by Gasteiger charge is -2.35. The van der Waals surface area contributed by atoms with Crippen molar-refractivity contribution in [2.24, 2.45) is 0 Å². The third-order valence-electron chi connectivity index (χ3n) is 5.53. The van der Waals surface area contributed by atoms with Gasteiger partial charge in [-0.05, 0) is 55.8 Å². The molecule has 0 fully saturated rings. The number of amides is 1. The van der Waals surface area contributed by atoms with Crippen LogP contribution in [0, 0.1) is 13.8 Å². The molecule has 0 aliphatic carbocycles. The summed E-state index contributed by atoms with van der Waals surface area (Å²) in [5.41, 5.74) is 2.73. The number of sulfonamides is 1. The number of benzene rings is 3. The molecule has 0 spiro atoms. The van der Waals surface area contributed by atoms with Gasteiger partial charge < -0.3 is 19.5 Å². The summed E-state index contributed by atoms with van der Waals surface area (Å²) in [4.78, 5) is 13.2. The Hall–Kier alpha value is -3.72. The van der Waals surface area contributed by atoms with Gasteiger partial charge in [0.05, 0.1) is 17.1 Å². The van der Waals surface area contributed by atoms with Gasteiger partial charge in [0.15, 0.2) is 17.6 Å². The van der Waals surface area contributed by atoms with Crippen molar-refractivity contribution in [1.29, 1.82) is 0 Å². The molecule has 5 rings (SSSR count). The zero-order chi connectivity index (χ0) is 23.2. The van der Waals surface area contributed by atoms with Crippen LogP contribution in [-0.2, 0) is 14.8 Å². The van der Waals surface area contributed by atoms with Crippen LogP contribution in [0.4, 0.5) is 11.4 Å². The second-order valence-electron chi connectivity index (χ2n) is 7.98. The molecule has 1 atom stereocenters. The van der Waals surface area contributed by atoms with Gasteiger partial charge in [-0.2, -0.15) is 0 Å². The molecule has 0 radical (unpaired) electrons. The van der Waals surface area contributed by atoms with Crippen molar-refractivity contribution in [3.05, 3.63) is 71.8 Å². The number of carbonyl (C=O) groups excluding carboxylic acids is 1. The standard InChI is InChI=1S/C24H22N2O6S/c1-15-3-7-18(8-4-15)33(28,29)26-13-23(32-21-11-16(2)5-9-19(21)26)24(27)25-17-6-10-20-22(12-17)31-14-30-20/h3-12,23H,13-14H2,1-2H3,(H,25,27)/t23-/m0/s1. The summed E-state index contributed by atoms with van der Waals surface area (Å²) >= 11 is 0. The molecule has 2 aliphatic rings. The summed E-state index contributed by atoms with van der Waals surface area (Å²) in [7, 11) is -3.92. The third-order valence-corrected chi connectivity index (χ3v) is 7.32. The Morgan fingerprint density at radius 3 is 2.42 bits per heavy atom. The summed E-state index contributed by atoms with van der Waals surface area (Å²) in [5, 5.41) is 2.79. The van der Waals surface area contributed by atoms with E-state index in [1.165, 1.54) is 4.31 Å². The van der Waals surface area contributed by atoms with E-state index in [4.69, 9.17) is 14.2 Å². The van der Waals surface area contributed by atoms with E-state index in [1.807, 2.05) is 19.9 Å². The normalized spacial score (nSPS) is 16.7. The van der Waals surface area contributed by atoms with E-state index >= 15 is 0 Å². The smallest absolute Gasteiger partial charge is 0.267 e. The fourth-order valence-electron chi connectivity index (χ4n) is 3.76. The van der Waals surface area contributed by atoms with E-state index in [0.717, 1.165) is 11.1 Å². The molecule has 0 unspecified atom stereocenters. The molecule has 0 saturated heterocycles. The number of nitrogens with one attached hydrogen (secondary N) is 1.